The molecule has 3 heterocycles. The summed E-state index contributed by atoms with van der Waals surface area (Å²) in [6.45, 7) is 1.34. The molecule has 34 heavy (non-hydrogen) atoms. The summed E-state index contributed by atoms with van der Waals surface area (Å²) in [6.07, 6.45) is 1.42. The fourth-order valence-electron chi connectivity index (χ4n) is 4.99. The van der Waals surface area contributed by atoms with Crippen LogP contribution >= 0.6 is 0 Å². The van der Waals surface area contributed by atoms with Crippen LogP contribution in [0.1, 0.15) is 51.7 Å². The van der Waals surface area contributed by atoms with Crippen molar-refractivity contribution in [2.45, 2.75) is 31.5 Å². The molecular formula is C25H27N3O6. The Morgan fingerprint density at radius 2 is 1.94 bits per heavy atom. The number of anilines is 1. The monoisotopic (exact) mass is 465 g/mol. The van der Waals surface area contributed by atoms with Crippen LogP contribution < -0.4 is 19.7 Å². The molecule has 0 radical (unpaired) electrons. The first-order valence-corrected chi connectivity index (χ1v) is 11.4. The lowest BCUT2D eigenvalue weighted by Crippen LogP contribution is -2.49. The number of para-hydroxylation sites is 1. The van der Waals surface area contributed by atoms with E-state index in [0.717, 1.165) is 19.4 Å². The van der Waals surface area contributed by atoms with Crippen LogP contribution in [-0.4, -0.2) is 62.6 Å². The Morgan fingerprint density at radius 3 is 2.68 bits per heavy atom. The van der Waals surface area contributed by atoms with E-state index in [1.807, 2.05) is 0 Å². The van der Waals surface area contributed by atoms with Gasteiger partial charge in [-0.25, -0.2) is 0 Å². The molecule has 3 aliphatic heterocycles. The Labute approximate surface area is 197 Å². The molecule has 2 atom stereocenters. The van der Waals surface area contributed by atoms with Gasteiger partial charge < -0.3 is 24.4 Å². The number of hydrogen-bond donors (Lipinski definition) is 1. The molecule has 1 fully saturated rings. The third-order valence-electron chi connectivity index (χ3n) is 6.61. The van der Waals surface area contributed by atoms with E-state index in [4.69, 9.17) is 14.2 Å². The van der Waals surface area contributed by atoms with Gasteiger partial charge in [-0.1, -0.05) is 18.2 Å². The highest BCUT2D eigenvalue weighted by molar-refractivity contribution is 6.18. The molecule has 0 unspecified atom stereocenters. The third-order valence-corrected chi connectivity index (χ3v) is 6.61. The second kappa shape index (κ2) is 8.98. The van der Waals surface area contributed by atoms with Crippen molar-refractivity contribution in [3.63, 3.8) is 0 Å². The normalized spacial score (nSPS) is 20.6. The number of benzene rings is 2. The first-order valence-electron chi connectivity index (χ1n) is 11.4. The molecule has 0 aromatic heterocycles. The second-order valence-electron chi connectivity index (χ2n) is 8.52. The van der Waals surface area contributed by atoms with Crippen molar-refractivity contribution in [1.29, 1.82) is 0 Å². The van der Waals surface area contributed by atoms with E-state index < -0.39 is 6.17 Å². The minimum Gasteiger partial charge on any atom is -0.493 e. The Hall–Kier alpha value is -3.59. The smallest absolute Gasteiger partial charge is 0.264 e. The van der Waals surface area contributed by atoms with E-state index in [0.29, 0.717) is 40.4 Å². The van der Waals surface area contributed by atoms with Gasteiger partial charge in [-0.05, 0) is 31.0 Å². The number of carbonyl (C=O) groups excluding carboxylic acids is 3. The molecule has 9 nitrogen and oxygen atoms in total. The largest absolute Gasteiger partial charge is 0.493 e. The van der Waals surface area contributed by atoms with E-state index >= 15 is 0 Å². The molecule has 5 rings (SSSR count). The lowest BCUT2D eigenvalue weighted by Gasteiger charge is -2.40. The number of methoxy groups -OCH3 is 2. The lowest BCUT2D eigenvalue weighted by atomic mass is 10.0. The SMILES string of the molecule is COc1ccc2c(c1OC)C(=O)N1c3ccccc3C(=O)N(CCC(=O)NC[C@@H]3CCCO3)[C@H]21. The van der Waals surface area contributed by atoms with Crippen molar-refractivity contribution in [1.82, 2.24) is 10.2 Å². The summed E-state index contributed by atoms with van der Waals surface area (Å²) < 4.78 is 16.5. The van der Waals surface area contributed by atoms with E-state index in [1.165, 1.54) is 14.2 Å². The zero-order chi connectivity index (χ0) is 23.8. The molecule has 3 amide bonds. The molecule has 2 aromatic carbocycles. The highest BCUT2D eigenvalue weighted by atomic mass is 16.5. The summed E-state index contributed by atoms with van der Waals surface area (Å²) in [7, 11) is 3.00. The molecule has 1 N–H and O–H groups in total. The summed E-state index contributed by atoms with van der Waals surface area (Å²) in [5, 5.41) is 2.90. The number of fused-ring (bicyclic) bond motifs is 5. The topological polar surface area (TPSA) is 97.4 Å². The maximum Gasteiger partial charge on any atom is 0.264 e. The molecule has 0 saturated carbocycles. The van der Waals surface area contributed by atoms with Crippen molar-refractivity contribution >= 4 is 23.4 Å². The summed E-state index contributed by atoms with van der Waals surface area (Å²) in [4.78, 5) is 42.9. The van der Waals surface area contributed by atoms with Crippen LogP contribution in [0.25, 0.3) is 0 Å². The molecule has 9 heteroatoms. The number of amides is 3. The predicted molar refractivity (Wildman–Crippen MR) is 123 cm³/mol. The number of rotatable bonds is 7. The van der Waals surface area contributed by atoms with Crippen molar-refractivity contribution in [3.8, 4) is 11.5 Å². The van der Waals surface area contributed by atoms with Gasteiger partial charge in [0.1, 0.15) is 6.17 Å². The second-order valence-corrected chi connectivity index (χ2v) is 8.52. The molecule has 2 aromatic rings. The fraction of sp³-hybridized carbons (Fsp3) is 0.400. The van der Waals surface area contributed by atoms with Crippen LogP contribution in [0.5, 0.6) is 11.5 Å². The van der Waals surface area contributed by atoms with Gasteiger partial charge in [0.05, 0.1) is 37.1 Å². The standard InChI is InChI=1S/C25H27N3O6/c1-32-19-10-9-17-21(22(19)33-2)25(31)28-18-8-4-3-7-16(18)24(30)27(23(17)28)12-11-20(29)26-14-15-6-5-13-34-15/h3-4,7-10,15,23H,5-6,11-14H2,1-2H3,(H,26,29)/t15-,23-/m0/s1. The van der Waals surface area contributed by atoms with Crippen molar-refractivity contribution in [2.75, 3.05) is 38.8 Å². The van der Waals surface area contributed by atoms with Gasteiger partial charge in [0, 0.05) is 31.7 Å². The highest BCUT2D eigenvalue weighted by Crippen LogP contribution is 2.49. The maximum absolute atomic E-state index is 13.6. The van der Waals surface area contributed by atoms with Gasteiger partial charge in [0.15, 0.2) is 11.5 Å². The third kappa shape index (κ3) is 3.56. The number of ether oxygens (including phenoxy) is 3. The molecule has 0 spiro atoms. The number of nitrogens with one attached hydrogen (secondary N) is 1. The van der Waals surface area contributed by atoms with Crippen molar-refractivity contribution in [2.24, 2.45) is 0 Å². The molecule has 0 bridgehead atoms. The highest BCUT2D eigenvalue weighted by Gasteiger charge is 2.49. The van der Waals surface area contributed by atoms with E-state index in [-0.39, 0.29) is 36.8 Å². The molecule has 1 saturated heterocycles. The molecule has 0 aliphatic carbocycles. The van der Waals surface area contributed by atoms with Gasteiger partial charge in [0.25, 0.3) is 11.8 Å². The van der Waals surface area contributed by atoms with E-state index in [9.17, 15) is 14.4 Å². The summed E-state index contributed by atoms with van der Waals surface area (Å²) in [5.41, 5.74) is 1.97. The molecule has 3 aliphatic rings. The van der Waals surface area contributed by atoms with E-state index in [1.54, 1.807) is 46.2 Å². The van der Waals surface area contributed by atoms with Gasteiger partial charge in [0.2, 0.25) is 5.91 Å². The average Bonchev–Trinajstić information content (AvgIpc) is 3.48. The predicted octanol–water partition coefficient (Wildman–Crippen LogP) is 2.50. The van der Waals surface area contributed by atoms with Gasteiger partial charge in [-0.15, -0.1) is 0 Å². The van der Waals surface area contributed by atoms with Crippen LogP contribution in [0, 0.1) is 0 Å². The van der Waals surface area contributed by atoms with Gasteiger partial charge >= 0.3 is 0 Å². The van der Waals surface area contributed by atoms with E-state index in [2.05, 4.69) is 5.32 Å². The van der Waals surface area contributed by atoms with Crippen LogP contribution in [0.2, 0.25) is 0 Å². The van der Waals surface area contributed by atoms with Gasteiger partial charge in [-0.3, -0.25) is 19.3 Å². The zero-order valence-corrected chi connectivity index (χ0v) is 19.2. The fourth-order valence-corrected chi connectivity index (χ4v) is 4.99. The quantitative estimate of drug-likeness (QED) is 0.675. The Bertz CT molecular complexity index is 1140. The van der Waals surface area contributed by atoms with Crippen molar-refractivity contribution in [3.05, 3.63) is 53.1 Å². The van der Waals surface area contributed by atoms with Crippen LogP contribution in [0.4, 0.5) is 5.69 Å². The summed E-state index contributed by atoms with van der Waals surface area (Å²) in [6, 6.07) is 10.5. The zero-order valence-electron chi connectivity index (χ0n) is 19.2. The number of nitrogens with zero attached hydrogens (tertiary/aromatic N) is 2. The molecule has 178 valence electrons. The Morgan fingerprint density at radius 1 is 1.12 bits per heavy atom. The Kier molecular flexibility index (Phi) is 5.87. The minimum atomic E-state index is -0.671. The van der Waals surface area contributed by atoms with Gasteiger partial charge in [-0.2, -0.15) is 0 Å². The molecular weight excluding hydrogens is 438 g/mol. The van der Waals surface area contributed by atoms with Crippen LogP contribution in [-0.2, 0) is 9.53 Å². The summed E-state index contributed by atoms with van der Waals surface area (Å²) in [5.74, 6) is 0.112. The number of carbonyl (C=O) groups is 3. The Balaban J connectivity index is 1.46. The first-order chi connectivity index (χ1) is 16.5. The van der Waals surface area contributed by atoms with Crippen molar-refractivity contribution < 1.29 is 28.6 Å². The number of hydrogen-bond acceptors (Lipinski definition) is 6. The summed E-state index contributed by atoms with van der Waals surface area (Å²) >= 11 is 0. The van der Waals surface area contributed by atoms with Crippen LogP contribution in [0.3, 0.4) is 0 Å². The average molecular weight is 466 g/mol. The lowest BCUT2D eigenvalue weighted by molar-refractivity contribution is -0.121. The maximum atomic E-state index is 13.6. The first kappa shape index (κ1) is 22.2. The minimum absolute atomic E-state index is 0.0460. The van der Waals surface area contributed by atoms with Crippen LogP contribution in [0.15, 0.2) is 36.4 Å².